The van der Waals surface area contributed by atoms with Crippen molar-refractivity contribution in [2.24, 2.45) is 16.3 Å². The number of nitrogens with zero attached hydrogens (tertiary/aromatic N) is 1. The molecule has 2 aromatic carbocycles. The van der Waals surface area contributed by atoms with Crippen molar-refractivity contribution in [3.05, 3.63) is 70.4 Å². The molecule has 5 heteroatoms. The highest BCUT2D eigenvalue weighted by Crippen LogP contribution is 2.51. The van der Waals surface area contributed by atoms with Gasteiger partial charge >= 0.3 is 0 Å². The predicted molar refractivity (Wildman–Crippen MR) is 108 cm³/mol. The molecule has 29 heavy (non-hydrogen) atoms. The number of allylic oxidation sites excluding steroid dienone is 2. The molecule has 2 aliphatic carbocycles. The van der Waals surface area contributed by atoms with Crippen molar-refractivity contribution in [2.75, 3.05) is 0 Å². The van der Waals surface area contributed by atoms with Crippen LogP contribution < -0.4 is 0 Å². The molecule has 0 spiro atoms. The molecule has 3 aliphatic rings. The van der Waals surface area contributed by atoms with Crippen LogP contribution in [0.4, 0.5) is 0 Å². The lowest BCUT2D eigenvalue weighted by Crippen LogP contribution is -2.37. The molecule has 5 rings (SSSR count). The molecular formula is C24H21NO4. The second kappa shape index (κ2) is 5.89. The Labute approximate surface area is 168 Å². The Morgan fingerprint density at radius 3 is 2.38 bits per heavy atom. The predicted octanol–water partition coefficient (Wildman–Crippen LogP) is 4.14. The Hall–Kier alpha value is -3.21. The van der Waals surface area contributed by atoms with Crippen LogP contribution in [0.2, 0.25) is 0 Å². The van der Waals surface area contributed by atoms with Gasteiger partial charge in [0.15, 0.2) is 23.1 Å². The van der Waals surface area contributed by atoms with Crippen LogP contribution in [0.5, 0.6) is 11.5 Å². The highest BCUT2D eigenvalue weighted by molar-refractivity contribution is 6.30. The van der Waals surface area contributed by atoms with Crippen molar-refractivity contribution in [2.45, 2.75) is 32.6 Å². The fourth-order valence-corrected chi connectivity index (χ4v) is 4.98. The summed E-state index contributed by atoms with van der Waals surface area (Å²) in [4.78, 5) is 31.4. The molecule has 0 saturated heterocycles. The summed E-state index contributed by atoms with van der Waals surface area (Å²) in [6.45, 7) is 4.10. The molecule has 1 heterocycles. The lowest BCUT2D eigenvalue weighted by Gasteiger charge is -2.38. The van der Waals surface area contributed by atoms with Gasteiger partial charge in [0.25, 0.3) is 0 Å². The molecule has 0 aromatic heterocycles. The van der Waals surface area contributed by atoms with Gasteiger partial charge in [-0.1, -0.05) is 44.2 Å². The Kier molecular flexibility index (Phi) is 3.63. The Morgan fingerprint density at radius 2 is 1.66 bits per heavy atom. The normalized spacial score (nSPS) is 24.7. The van der Waals surface area contributed by atoms with Gasteiger partial charge < -0.3 is 10.2 Å². The highest BCUT2D eigenvalue weighted by atomic mass is 16.3. The number of aliphatic imine (C=N–C) groups is 1. The minimum absolute atomic E-state index is 0.000343. The number of benzene rings is 2. The summed E-state index contributed by atoms with van der Waals surface area (Å²) in [6, 6.07) is 12.0. The van der Waals surface area contributed by atoms with E-state index in [1.54, 1.807) is 12.1 Å². The summed E-state index contributed by atoms with van der Waals surface area (Å²) < 4.78 is 0. The van der Waals surface area contributed by atoms with Crippen molar-refractivity contribution in [1.82, 2.24) is 0 Å². The summed E-state index contributed by atoms with van der Waals surface area (Å²) in [6.07, 6.45) is 1.05. The molecule has 0 bridgehead atoms. The molecule has 146 valence electrons. The monoisotopic (exact) mass is 387 g/mol. The van der Waals surface area contributed by atoms with Crippen molar-refractivity contribution in [1.29, 1.82) is 0 Å². The van der Waals surface area contributed by atoms with Crippen LogP contribution >= 0.6 is 0 Å². The Balaban J connectivity index is 1.77. The van der Waals surface area contributed by atoms with Crippen LogP contribution in [0.3, 0.4) is 0 Å². The van der Waals surface area contributed by atoms with Crippen LogP contribution in [0.1, 0.15) is 54.1 Å². The summed E-state index contributed by atoms with van der Waals surface area (Å²) in [5, 5.41) is 19.8. The zero-order valence-corrected chi connectivity index (χ0v) is 16.3. The van der Waals surface area contributed by atoms with E-state index < -0.39 is 11.8 Å². The van der Waals surface area contributed by atoms with Crippen LogP contribution in [0, 0.1) is 11.3 Å². The van der Waals surface area contributed by atoms with Crippen LogP contribution in [0.25, 0.3) is 0 Å². The van der Waals surface area contributed by atoms with Crippen LogP contribution in [-0.2, 0) is 4.79 Å². The second-order valence-electron chi connectivity index (χ2n) is 8.91. The maximum Gasteiger partial charge on any atom is 0.173 e. The molecule has 0 amide bonds. The molecule has 2 N–H and O–H groups in total. The summed E-state index contributed by atoms with van der Waals surface area (Å²) in [7, 11) is 0. The SMILES string of the molecule is CC1(C)CC(=O)C2=C(C1)N=C1c3ccccc3C(=O)[C@@H]1[C@H]2c1ccc(O)c(O)c1. The molecule has 0 fully saturated rings. The number of phenolic OH excluding ortho intramolecular Hbond substituents is 2. The number of aromatic hydroxyl groups is 2. The van der Waals surface area contributed by atoms with Crippen LogP contribution in [0.15, 0.2) is 58.7 Å². The van der Waals surface area contributed by atoms with E-state index in [-0.39, 0.29) is 28.5 Å². The van der Waals surface area contributed by atoms with Gasteiger partial charge in [-0.25, -0.2) is 0 Å². The van der Waals surface area contributed by atoms with Crippen molar-refractivity contribution in [3.63, 3.8) is 0 Å². The van der Waals surface area contributed by atoms with Gasteiger partial charge in [0.2, 0.25) is 0 Å². The van der Waals surface area contributed by atoms with E-state index >= 15 is 0 Å². The number of hydrogen-bond donors (Lipinski definition) is 2. The number of Topliss-reactive ketones (excluding diaryl/α,β-unsaturated/α-hetero) is 2. The number of ketones is 2. The first-order valence-corrected chi connectivity index (χ1v) is 9.77. The third-order valence-corrected chi connectivity index (χ3v) is 6.20. The van der Waals surface area contributed by atoms with Gasteiger partial charge in [-0.2, -0.15) is 0 Å². The summed E-state index contributed by atoms with van der Waals surface area (Å²) in [5.74, 6) is -1.67. The van der Waals surface area contributed by atoms with Crippen molar-refractivity contribution in [3.8, 4) is 11.5 Å². The zero-order chi connectivity index (χ0) is 20.5. The zero-order valence-electron chi connectivity index (χ0n) is 16.3. The van der Waals surface area contributed by atoms with Gasteiger partial charge in [0.1, 0.15) is 0 Å². The number of carbonyl (C=O) groups is 2. The molecule has 2 aromatic rings. The first-order valence-electron chi connectivity index (χ1n) is 9.77. The van der Waals surface area contributed by atoms with Gasteiger partial charge in [-0.05, 0) is 29.5 Å². The minimum Gasteiger partial charge on any atom is -0.504 e. The molecule has 5 nitrogen and oxygen atoms in total. The van der Waals surface area contributed by atoms with E-state index in [1.165, 1.54) is 12.1 Å². The third-order valence-electron chi connectivity index (χ3n) is 6.20. The van der Waals surface area contributed by atoms with E-state index in [0.29, 0.717) is 35.3 Å². The molecule has 2 atom stereocenters. The number of fused-ring (bicyclic) bond motifs is 3. The highest BCUT2D eigenvalue weighted by Gasteiger charge is 2.50. The van der Waals surface area contributed by atoms with Crippen LogP contribution in [-0.4, -0.2) is 27.5 Å². The molecular weight excluding hydrogens is 366 g/mol. The fraction of sp³-hybridized carbons (Fsp3) is 0.292. The molecule has 0 radical (unpaired) electrons. The number of phenols is 2. The molecule has 0 saturated carbocycles. The largest absolute Gasteiger partial charge is 0.504 e. The second-order valence-corrected chi connectivity index (χ2v) is 8.91. The van der Waals surface area contributed by atoms with Gasteiger partial charge in [-0.3, -0.25) is 14.6 Å². The quantitative estimate of drug-likeness (QED) is 0.720. The average molecular weight is 387 g/mol. The van der Waals surface area contributed by atoms with Crippen molar-refractivity contribution >= 4 is 17.3 Å². The smallest absolute Gasteiger partial charge is 0.173 e. The van der Waals surface area contributed by atoms with Gasteiger partial charge in [0, 0.05) is 34.7 Å². The number of carbonyl (C=O) groups excluding carboxylic acids is 2. The van der Waals surface area contributed by atoms with E-state index in [9.17, 15) is 19.8 Å². The number of hydrogen-bond acceptors (Lipinski definition) is 5. The number of rotatable bonds is 1. The van der Waals surface area contributed by atoms with E-state index in [4.69, 9.17) is 4.99 Å². The first kappa shape index (κ1) is 17.9. The lowest BCUT2D eigenvalue weighted by molar-refractivity contribution is -0.118. The minimum atomic E-state index is -0.597. The fourth-order valence-electron chi connectivity index (χ4n) is 4.98. The molecule has 0 unspecified atom stereocenters. The van der Waals surface area contributed by atoms with Gasteiger partial charge in [0.05, 0.1) is 11.6 Å². The topological polar surface area (TPSA) is 87.0 Å². The average Bonchev–Trinajstić information content (AvgIpc) is 2.94. The summed E-state index contributed by atoms with van der Waals surface area (Å²) >= 11 is 0. The summed E-state index contributed by atoms with van der Waals surface area (Å²) in [5.41, 5.74) is 3.89. The van der Waals surface area contributed by atoms with E-state index in [0.717, 1.165) is 11.3 Å². The maximum absolute atomic E-state index is 13.3. The van der Waals surface area contributed by atoms with Crippen molar-refractivity contribution < 1.29 is 19.8 Å². The van der Waals surface area contributed by atoms with Gasteiger partial charge in [-0.15, -0.1) is 0 Å². The first-order chi connectivity index (χ1) is 13.8. The molecule has 1 aliphatic heterocycles. The third kappa shape index (κ3) is 2.57. The van der Waals surface area contributed by atoms with E-state index in [2.05, 4.69) is 13.8 Å². The Morgan fingerprint density at radius 1 is 0.931 bits per heavy atom. The standard InChI is InChI=1S/C24H21NO4/c1-24(2)10-15-20(18(28)11-24)19(12-7-8-16(26)17(27)9-12)21-22(25-15)13-5-3-4-6-14(13)23(21)29/h3-9,19,21,26-27H,10-11H2,1-2H3/t19-,21+/m0/s1. The lowest BCUT2D eigenvalue weighted by atomic mass is 9.66. The van der Waals surface area contributed by atoms with E-state index in [1.807, 2.05) is 18.2 Å². The maximum atomic E-state index is 13.3. The Bertz CT molecular complexity index is 1160.